The number of aliphatic imine (C=N–C) groups is 1. The van der Waals surface area contributed by atoms with Gasteiger partial charge in [0.2, 0.25) is 0 Å². The second-order valence-electron chi connectivity index (χ2n) is 4.71. The van der Waals surface area contributed by atoms with E-state index in [9.17, 15) is 0 Å². The minimum Gasteiger partial charge on any atom is -0.353 e. The molecular weight excluding hydrogens is 260 g/mol. The first-order valence-electron chi connectivity index (χ1n) is 6.60. The van der Waals surface area contributed by atoms with Crippen LogP contribution in [0.4, 0.5) is 0 Å². The van der Waals surface area contributed by atoms with Gasteiger partial charge in [-0.1, -0.05) is 0 Å². The lowest BCUT2D eigenvalue weighted by atomic mass is 10.2. The van der Waals surface area contributed by atoms with Crippen LogP contribution >= 0.6 is 11.8 Å². The molecule has 1 aromatic heterocycles. The lowest BCUT2D eigenvalue weighted by molar-refractivity contribution is 0.579. The van der Waals surface area contributed by atoms with Crippen molar-refractivity contribution in [3.05, 3.63) is 11.6 Å². The van der Waals surface area contributed by atoms with Crippen molar-refractivity contribution in [1.29, 1.82) is 0 Å². The van der Waals surface area contributed by atoms with E-state index in [1.165, 1.54) is 18.6 Å². The fourth-order valence-electron chi connectivity index (χ4n) is 2.01. The summed E-state index contributed by atoms with van der Waals surface area (Å²) in [6, 6.07) is 0.520. The summed E-state index contributed by atoms with van der Waals surface area (Å²) in [7, 11) is 3.77. The van der Waals surface area contributed by atoms with Gasteiger partial charge in [0.25, 0.3) is 0 Å². The number of rotatable bonds is 3. The van der Waals surface area contributed by atoms with Gasteiger partial charge >= 0.3 is 0 Å². The van der Waals surface area contributed by atoms with Crippen LogP contribution in [0.15, 0.2) is 4.99 Å². The Balaban J connectivity index is 1.84. The highest BCUT2D eigenvalue weighted by Crippen LogP contribution is 2.16. The van der Waals surface area contributed by atoms with Gasteiger partial charge in [-0.2, -0.15) is 11.8 Å². The minimum atomic E-state index is 0.520. The standard InChI is InChI=1S/C12H22N6S/c1-9-16-17-11(18(9)3)7-14-12(13-2)15-10-5-4-6-19-8-10/h10H,4-8H2,1-3H3,(H2,13,14,15). The molecule has 0 spiro atoms. The summed E-state index contributed by atoms with van der Waals surface area (Å²) in [6.45, 7) is 2.58. The predicted octanol–water partition coefficient (Wildman–Crippen LogP) is 0.684. The summed E-state index contributed by atoms with van der Waals surface area (Å²) in [6.07, 6.45) is 2.50. The molecule has 1 fully saturated rings. The van der Waals surface area contributed by atoms with Crippen LogP contribution in [0.3, 0.4) is 0 Å². The van der Waals surface area contributed by atoms with Crippen molar-refractivity contribution in [3.63, 3.8) is 0 Å². The summed E-state index contributed by atoms with van der Waals surface area (Å²) in [5, 5.41) is 14.9. The molecule has 0 bridgehead atoms. The van der Waals surface area contributed by atoms with Crippen LogP contribution in [-0.2, 0) is 13.6 Å². The van der Waals surface area contributed by atoms with E-state index in [2.05, 4.69) is 25.8 Å². The van der Waals surface area contributed by atoms with Gasteiger partial charge in [-0.25, -0.2) is 0 Å². The van der Waals surface area contributed by atoms with Gasteiger partial charge < -0.3 is 15.2 Å². The van der Waals surface area contributed by atoms with Crippen LogP contribution < -0.4 is 10.6 Å². The summed E-state index contributed by atoms with van der Waals surface area (Å²) in [4.78, 5) is 4.26. The van der Waals surface area contributed by atoms with E-state index in [4.69, 9.17) is 0 Å². The molecule has 1 aromatic rings. The second-order valence-corrected chi connectivity index (χ2v) is 5.86. The fraction of sp³-hybridized carbons (Fsp3) is 0.750. The molecule has 7 heteroatoms. The topological polar surface area (TPSA) is 67.1 Å². The summed E-state index contributed by atoms with van der Waals surface area (Å²) in [5.74, 6) is 5.11. The van der Waals surface area contributed by atoms with Crippen molar-refractivity contribution in [3.8, 4) is 0 Å². The predicted molar refractivity (Wildman–Crippen MR) is 79.4 cm³/mol. The van der Waals surface area contributed by atoms with E-state index < -0.39 is 0 Å². The van der Waals surface area contributed by atoms with Crippen molar-refractivity contribution in [2.24, 2.45) is 12.0 Å². The Morgan fingerprint density at radius 3 is 2.95 bits per heavy atom. The zero-order valence-electron chi connectivity index (χ0n) is 11.8. The van der Waals surface area contributed by atoms with Crippen LogP contribution in [0, 0.1) is 6.92 Å². The minimum absolute atomic E-state index is 0.520. The van der Waals surface area contributed by atoms with E-state index in [1.54, 1.807) is 7.05 Å². The first-order valence-corrected chi connectivity index (χ1v) is 7.76. The Morgan fingerprint density at radius 2 is 2.37 bits per heavy atom. The monoisotopic (exact) mass is 282 g/mol. The number of hydrogen-bond acceptors (Lipinski definition) is 4. The summed E-state index contributed by atoms with van der Waals surface area (Å²) >= 11 is 2.00. The number of nitrogens with one attached hydrogen (secondary N) is 2. The second kappa shape index (κ2) is 6.79. The van der Waals surface area contributed by atoms with Gasteiger partial charge in [-0.3, -0.25) is 4.99 Å². The molecule has 2 N–H and O–H groups in total. The van der Waals surface area contributed by atoms with Crippen LogP contribution in [0.25, 0.3) is 0 Å². The van der Waals surface area contributed by atoms with Crippen molar-refractivity contribution in [1.82, 2.24) is 25.4 Å². The van der Waals surface area contributed by atoms with Gasteiger partial charge in [-0.15, -0.1) is 10.2 Å². The SMILES string of the molecule is CN=C(NCc1nnc(C)n1C)NC1CCCSC1. The van der Waals surface area contributed by atoms with Crippen molar-refractivity contribution in [2.75, 3.05) is 18.6 Å². The highest BCUT2D eigenvalue weighted by molar-refractivity contribution is 7.99. The number of hydrogen-bond donors (Lipinski definition) is 2. The molecule has 0 aromatic carbocycles. The highest BCUT2D eigenvalue weighted by atomic mass is 32.2. The number of aryl methyl sites for hydroxylation is 1. The van der Waals surface area contributed by atoms with Gasteiger partial charge in [0.15, 0.2) is 11.8 Å². The third kappa shape index (κ3) is 3.86. The van der Waals surface area contributed by atoms with Crippen LogP contribution in [0.1, 0.15) is 24.5 Å². The van der Waals surface area contributed by atoms with Gasteiger partial charge in [0.1, 0.15) is 5.82 Å². The normalized spacial score (nSPS) is 20.4. The molecule has 0 saturated carbocycles. The molecular formula is C12H22N6S. The smallest absolute Gasteiger partial charge is 0.191 e. The van der Waals surface area contributed by atoms with E-state index in [1.807, 2.05) is 30.3 Å². The Morgan fingerprint density at radius 1 is 1.53 bits per heavy atom. The maximum absolute atomic E-state index is 4.26. The molecule has 0 amide bonds. The molecule has 1 saturated heterocycles. The fourth-order valence-corrected chi connectivity index (χ4v) is 3.08. The molecule has 6 nitrogen and oxygen atoms in total. The number of guanidine groups is 1. The van der Waals surface area contributed by atoms with Gasteiger partial charge in [0, 0.05) is 25.9 Å². The third-order valence-corrected chi connectivity index (χ3v) is 4.54. The third-order valence-electron chi connectivity index (χ3n) is 3.32. The molecule has 0 aliphatic carbocycles. The number of aromatic nitrogens is 3. The van der Waals surface area contributed by atoms with E-state index in [0.29, 0.717) is 12.6 Å². The zero-order valence-corrected chi connectivity index (χ0v) is 12.6. The van der Waals surface area contributed by atoms with Gasteiger partial charge in [-0.05, 0) is 25.5 Å². The molecule has 1 aliphatic heterocycles. The van der Waals surface area contributed by atoms with Crippen LogP contribution in [0.2, 0.25) is 0 Å². The van der Waals surface area contributed by atoms with Crippen molar-refractivity contribution < 1.29 is 0 Å². The Kier molecular flexibility index (Phi) is 5.07. The Labute approximate surface area is 118 Å². The molecule has 1 unspecified atom stereocenters. The quantitative estimate of drug-likeness (QED) is 0.630. The average molecular weight is 282 g/mol. The molecule has 1 aliphatic rings. The molecule has 0 radical (unpaired) electrons. The van der Waals surface area contributed by atoms with Crippen molar-refractivity contribution >= 4 is 17.7 Å². The molecule has 19 heavy (non-hydrogen) atoms. The van der Waals surface area contributed by atoms with Gasteiger partial charge in [0.05, 0.1) is 6.54 Å². The summed E-state index contributed by atoms with van der Waals surface area (Å²) in [5.41, 5.74) is 0. The lowest BCUT2D eigenvalue weighted by Crippen LogP contribution is -2.45. The maximum atomic E-state index is 4.26. The van der Waals surface area contributed by atoms with Crippen molar-refractivity contribution in [2.45, 2.75) is 32.4 Å². The first kappa shape index (κ1) is 14.2. The Bertz CT molecular complexity index is 435. The van der Waals surface area contributed by atoms with Crippen LogP contribution in [0.5, 0.6) is 0 Å². The zero-order chi connectivity index (χ0) is 13.7. The Hall–Kier alpha value is -1.24. The largest absolute Gasteiger partial charge is 0.353 e. The number of nitrogens with zero attached hydrogens (tertiary/aromatic N) is 4. The highest BCUT2D eigenvalue weighted by Gasteiger charge is 2.15. The molecule has 2 rings (SSSR count). The van der Waals surface area contributed by atoms with E-state index in [-0.39, 0.29) is 0 Å². The van der Waals surface area contributed by atoms with Crippen LogP contribution in [-0.4, -0.2) is 45.3 Å². The molecule has 1 atom stereocenters. The van der Waals surface area contributed by atoms with E-state index >= 15 is 0 Å². The average Bonchev–Trinajstić information content (AvgIpc) is 2.76. The number of thioether (sulfide) groups is 1. The maximum Gasteiger partial charge on any atom is 0.191 e. The summed E-state index contributed by atoms with van der Waals surface area (Å²) < 4.78 is 1.98. The molecule has 2 heterocycles. The molecule has 106 valence electrons. The first-order chi connectivity index (χ1) is 9.20. The van der Waals surface area contributed by atoms with E-state index in [0.717, 1.165) is 23.4 Å². The lowest BCUT2D eigenvalue weighted by Gasteiger charge is -2.24.